The number of carbonyl (C=O) groups excluding carboxylic acids is 1. The van der Waals surface area contributed by atoms with Crippen LogP contribution in [0.4, 0.5) is 0 Å². The lowest BCUT2D eigenvalue weighted by atomic mass is 9.57. The first-order valence-electron chi connectivity index (χ1n) is 6.53. The SMILES string of the molecule is CCC(C)(C)CC(C)(C(C)=O)C(C)(C)CC. The molecule has 1 heteroatoms. The van der Waals surface area contributed by atoms with Gasteiger partial charge in [-0.3, -0.25) is 4.79 Å². The molecule has 1 atom stereocenters. The average Bonchev–Trinajstić information content (AvgIpc) is 2.16. The summed E-state index contributed by atoms with van der Waals surface area (Å²) in [6, 6.07) is 0. The van der Waals surface area contributed by atoms with Crippen molar-refractivity contribution in [1.82, 2.24) is 0 Å². The summed E-state index contributed by atoms with van der Waals surface area (Å²) in [4.78, 5) is 12.1. The predicted octanol–water partition coefficient (Wildman–Crippen LogP) is 4.84. The Hall–Kier alpha value is -0.330. The van der Waals surface area contributed by atoms with E-state index in [-0.39, 0.29) is 16.2 Å². The minimum absolute atomic E-state index is 0.0747. The summed E-state index contributed by atoms with van der Waals surface area (Å²) < 4.78 is 0. The van der Waals surface area contributed by atoms with Crippen molar-refractivity contribution in [2.24, 2.45) is 16.2 Å². The second-order valence-corrected chi connectivity index (χ2v) is 6.82. The summed E-state index contributed by atoms with van der Waals surface area (Å²) in [6.45, 7) is 17.3. The molecule has 16 heavy (non-hydrogen) atoms. The van der Waals surface area contributed by atoms with Crippen molar-refractivity contribution in [1.29, 1.82) is 0 Å². The fraction of sp³-hybridized carbons (Fsp3) is 0.933. The van der Waals surface area contributed by atoms with Crippen molar-refractivity contribution in [3.05, 3.63) is 0 Å². The molecular formula is C15H30O. The minimum Gasteiger partial charge on any atom is -0.299 e. The Bertz CT molecular complexity index is 250. The van der Waals surface area contributed by atoms with Crippen molar-refractivity contribution in [3.63, 3.8) is 0 Å². The van der Waals surface area contributed by atoms with Crippen molar-refractivity contribution < 1.29 is 4.79 Å². The van der Waals surface area contributed by atoms with Crippen LogP contribution < -0.4 is 0 Å². The maximum atomic E-state index is 12.1. The molecule has 0 aliphatic heterocycles. The van der Waals surface area contributed by atoms with Crippen molar-refractivity contribution in [2.75, 3.05) is 0 Å². The molecule has 0 heterocycles. The van der Waals surface area contributed by atoms with E-state index >= 15 is 0 Å². The molecule has 0 fully saturated rings. The number of Topliss-reactive ketones (excluding diaryl/α,β-unsaturated/α-hetero) is 1. The average molecular weight is 226 g/mol. The Morgan fingerprint density at radius 1 is 0.938 bits per heavy atom. The van der Waals surface area contributed by atoms with E-state index in [0.717, 1.165) is 19.3 Å². The lowest BCUT2D eigenvalue weighted by Crippen LogP contribution is -2.43. The molecular weight excluding hydrogens is 196 g/mol. The van der Waals surface area contributed by atoms with Gasteiger partial charge in [0, 0.05) is 5.41 Å². The molecule has 0 aromatic heterocycles. The van der Waals surface area contributed by atoms with Gasteiger partial charge in [0.15, 0.2) is 0 Å². The third-order valence-electron chi connectivity index (χ3n) is 4.94. The Kier molecular flexibility index (Phi) is 4.79. The summed E-state index contributed by atoms with van der Waals surface area (Å²) in [7, 11) is 0. The van der Waals surface area contributed by atoms with Crippen LogP contribution in [-0.4, -0.2) is 5.78 Å². The highest BCUT2D eigenvalue weighted by Gasteiger charge is 2.46. The summed E-state index contributed by atoms with van der Waals surface area (Å²) in [5, 5.41) is 0. The van der Waals surface area contributed by atoms with E-state index in [0.29, 0.717) is 5.78 Å². The van der Waals surface area contributed by atoms with Crippen LogP contribution in [0.1, 0.15) is 74.7 Å². The third kappa shape index (κ3) is 3.09. The highest BCUT2D eigenvalue weighted by Crippen LogP contribution is 2.49. The van der Waals surface area contributed by atoms with Gasteiger partial charge >= 0.3 is 0 Å². The summed E-state index contributed by atoms with van der Waals surface area (Å²) in [5.74, 6) is 0.334. The Morgan fingerprint density at radius 2 is 1.38 bits per heavy atom. The Morgan fingerprint density at radius 3 is 1.62 bits per heavy atom. The van der Waals surface area contributed by atoms with Gasteiger partial charge in [0.2, 0.25) is 0 Å². The van der Waals surface area contributed by atoms with Gasteiger partial charge in [-0.1, -0.05) is 61.3 Å². The minimum atomic E-state index is -0.207. The van der Waals surface area contributed by atoms with E-state index in [4.69, 9.17) is 0 Å². The van der Waals surface area contributed by atoms with Crippen LogP contribution >= 0.6 is 0 Å². The van der Waals surface area contributed by atoms with Crippen LogP contribution in [0, 0.1) is 16.2 Å². The zero-order valence-corrected chi connectivity index (χ0v) is 12.5. The molecule has 96 valence electrons. The van der Waals surface area contributed by atoms with Gasteiger partial charge in [-0.05, 0) is 24.2 Å². The second-order valence-electron chi connectivity index (χ2n) is 6.82. The van der Waals surface area contributed by atoms with E-state index in [2.05, 4.69) is 48.5 Å². The first-order chi connectivity index (χ1) is 7.02. The van der Waals surface area contributed by atoms with Gasteiger partial charge in [0.1, 0.15) is 5.78 Å². The molecule has 0 aromatic carbocycles. The molecule has 0 radical (unpaired) electrons. The summed E-state index contributed by atoms with van der Waals surface area (Å²) >= 11 is 0. The monoisotopic (exact) mass is 226 g/mol. The third-order valence-corrected chi connectivity index (χ3v) is 4.94. The number of hydrogen-bond donors (Lipinski definition) is 0. The Labute approximate surface area is 102 Å². The van der Waals surface area contributed by atoms with Crippen molar-refractivity contribution >= 4 is 5.78 Å². The topological polar surface area (TPSA) is 17.1 Å². The van der Waals surface area contributed by atoms with E-state index in [9.17, 15) is 4.79 Å². The molecule has 0 amide bonds. The molecule has 0 rings (SSSR count). The van der Waals surface area contributed by atoms with Gasteiger partial charge in [0.05, 0.1) is 0 Å². The van der Waals surface area contributed by atoms with Gasteiger partial charge in [-0.25, -0.2) is 0 Å². The van der Waals surface area contributed by atoms with Gasteiger partial charge in [0.25, 0.3) is 0 Å². The van der Waals surface area contributed by atoms with E-state index in [1.807, 2.05) is 0 Å². The highest BCUT2D eigenvalue weighted by molar-refractivity contribution is 5.82. The first kappa shape index (κ1) is 15.7. The van der Waals surface area contributed by atoms with Gasteiger partial charge in [-0.15, -0.1) is 0 Å². The maximum absolute atomic E-state index is 12.1. The number of rotatable bonds is 6. The predicted molar refractivity (Wildman–Crippen MR) is 71.5 cm³/mol. The summed E-state index contributed by atoms with van der Waals surface area (Å²) in [6.07, 6.45) is 3.14. The van der Waals surface area contributed by atoms with E-state index < -0.39 is 0 Å². The molecule has 0 N–H and O–H groups in total. The number of hydrogen-bond acceptors (Lipinski definition) is 1. The zero-order valence-electron chi connectivity index (χ0n) is 12.5. The smallest absolute Gasteiger partial charge is 0.136 e. The summed E-state index contributed by atoms with van der Waals surface area (Å²) in [5.41, 5.74) is 0.111. The molecule has 0 bridgehead atoms. The van der Waals surface area contributed by atoms with Crippen LogP contribution in [-0.2, 0) is 4.79 Å². The maximum Gasteiger partial charge on any atom is 0.136 e. The van der Waals surface area contributed by atoms with E-state index in [1.165, 1.54) is 0 Å². The normalized spacial score (nSPS) is 17.0. The Balaban J connectivity index is 5.23. The molecule has 0 saturated heterocycles. The molecule has 1 unspecified atom stereocenters. The lowest BCUT2D eigenvalue weighted by molar-refractivity contribution is -0.135. The largest absolute Gasteiger partial charge is 0.299 e. The number of carbonyl (C=O) groups is 1. The van der Waals surface area contributed by atoms with Crippen LogP contribution in [0.2, 0.25) is 0 Å². The highest BCUT2D eigenvalue weighted by atomic mass is 16.1. The molecule has 0 aromatic rings. The van der Waals surface area contributed by atoms with Crippen LogP contribution in [0.5, 0.6) is 0 Å². The molecule has 0 aliphatic rings. The van der Waals surface area contributed by atoms with Crippen LogP contribution in [0.25, 0.3) is 0 Å². The first-order valence-corrected chi connectivity index (χ1v) is 6.53. The number of ketones is 1. The van der Waals surface area contributed by atoms with Gasteiger partial charge < -0.3 is 0 Å². The fourth-order valence-electron chi connectivity index (χ4n) is 2.31. The molecule has 0 spiro atoms. The van der Waals surface area contributed by atoms with Crippen molar-refractivity contribution in [2.45, 2.75) is 74.7 Å². The fourth-order valence-corrected chi connectivity index (χ4v) is 2.31. The lowest BCUT2D eigenvalue weighted by Gasteiger charge is -2.46. The second kappa shape index (κ2) is 4.89. The standard InChI is InChI=1S/C15H30O/c1-9-13(4,5)11-15(8,12(3)16)14(6,7)10-2/h9-11H2,1-8H3. The van der Waals surface area contributed by atoms with E-state index in [1.54, 1.807) is 6.92 Å². The van der Waals surface area contributed by atoms with Gasteiger partial charge in [-0.2, -0.15) is 0 Å². The van der Waals surface area contributed by atoms with Crippen molar-refractivity contribution in [3.8, 4) is 0 Å². The molecule has 0 aliphatic carbocycles. The van der Waals surface area contributed by atoms with Crippen LogP contribution in [0.3, 0.4) is 0 Å². The zero-order chi connectivity index (χ0) is 13.2. The molecule has 0 saturated carbocycles. The van der Waals surface area contributed by atoms with Crippen LogP contribution in [0.15, 0.2) is 0 Å². The quantitative estimate of drug-likeness (QED) is 0.633. The molecule has 1 nitrogen and oxygen atoms in total.